The Labute approximate surface area is 200 Å². The zero-order valence-corrected chi connectivity index (χ0v) is 20.9. The van der Waals surface area contributed by atoms with Crippen LogP contribution in [0.2, 0.25) is 0 Å². The molecule has 2 aromatic rings. The molecule has 2 fully saturated rings. The molecule has 33 heavy (non-hydrogen) atoms. The molecule has 0 N–H and O–H groups in total. The summed E-state index contributed by atoms with van der Waals surface area (Å²) in [6.07, 6.45) is 13.9. The number of benzene rings is 2. The predicted molar refractivity (Wildman–Crippen MR) is 135 cm³/mol. The summed E-state index contributed by atoms with van der Waals surface area (Å²) < 4.78 is 29.1. The Bertz CT molecular complexity index is 898. The van der Waals surface area contributed by atoms with Gasteiger partial charge >= 0.3 is 0 Å². The molecule has 0 radical (unpaired) electrons. The first-order chi connectivity index (χ1) is 16.0. The maximum atomic E-state index is 14.7. The molecule has 0 aliphatic heterocycles. The van der Waals surface area contributed by atoms with E-state index in [0.29, 0.717) is 29.9 Å². The summed E-state index contributed by atoms with van der Waals surface area (Å²) in [7, 11) is 0. The number of halogens is 2. The van der Waals surface area contributed by atoms with Gasteiger partial charge in [0.25, 0.3) is 0 Å². The molecule has 0 aromatic heterocycles. The molecule has 0 bridgehead atoms. The van der Waals surface area contributed by atoms with Crippen LogP contribution in [0.5, 0.6) is 0 Å². The van der Waals surface area contributed by atoms with Gasteiger partial charge < -0.3 is 0 Å². The molecule has 180 valence electrons. The molecular weight excluding hydrogens is 410 g/mol. The minimum atomic E-state index is -0.647. The first kappa shape index (κ1) is 24.4. The molecule has 4 rings (SSSR count). The quantitative estimate of drug-likeness (QED) is 0.393. The molecule has 0 unspecified atom stereocenters. The van der Waals surface area contributed by atoms with Crippen molar-refractivity contribution in [1.82, 2.24) is 0 Å². The highest BCUT2D eigenvalue weighted by Gasteiger charge is 2.30. The molecule has 0 amide bonds. The van der Waals surface area contributed by atoms with Gasteiger partial charge in [0.2, 0.25) is 0 Å². The van der Waals surface area contributed by atoms with Crippen LogP contribution in [-0.2, 0) is 19.3 Å². The first-order valence-corrected chi connectivity index (χ1v) is 13.5. The van der Waals surface area contributed by atoms with Gasteiger partial charge in [-0.05, 0) is 116 Å². The summed E-state index contributed by atoms with van der Waals surface area (Å²) in [6.45, 7) is 6.31. The van der Waals surface area contributed by atoms with Crippen molar-refractivity contribution in [3.8, 4) is 0 Å². The number of hydrogen-bond acceptors (Lipinski definition) is 0. The third-order valence-corrected chi connectivity index (χ3v) is 8.74. The summed E-state index contributed by atoms with van der Waals surface area (Å²) in [6, 6.07) is 10.8. The van der Waals surface area contributed by atoms with E-state index >= 15 is 0 Å². The highest BCUT2D eigenvalue weighted by Crippen LogP contribution is 2.43. The first-order valence-electron chi connectivity index (χ1n) is 13.5. The Morgan fingerprint density at radius 3 is 1.97 bits per heavy atom. The third-order valence-electron chi connectivity index (χ3n) is 8.74. The van der Waals surface area contributed by atoms with Crippen molar-refractivity contribution in [2.75, 3.05) is 0 Å². The fourth-order valence-corrected chi connectivity index (χ4v) is 6.52. The Kier molecular flexibility index (Phi) is 8.25. The van der Waals surface area contributed by atoms with Crippen LogP contribution in [0, 0.1) is 36.3 Å². The summed E-state index contributed by atoms with van der Waals surface area (Å²) >= 11 is 0. The van der Waals surface area contributed by atoms with E-state index in [4.69, 9.17) is 0 Å². The van der Waals surface area contributed by atoms with Crippen molar-refractivity contribution in [2.45, 2.75) is 104 Å². The maximum Gasteiger partial charge on any atom is 0.162 e. The molecule has 0 nitrogen and oxygen atoms in total. The van der Waals surface area contributed by atoms with E-state index in [2.05, 4.69) is 31.2 Å². The van der Waals surface area contributed by atoms with E-state index in [0.717, 1.165) is 36.2 Å². The van der Waals surface area contributed by atoms with Crippen LogP contribution in [0.25, 0.3) is 0 Å². The van der Waals surface area contributed by atoms with Crippen molar-refractivity contribution in [2.24, 2.45) is 17.8 Å². The minimum absolute atomic E-state index is 0.508. The van der Waals surface area contributed by atoms with Gasteiger partial charge in [0.05, 0.1) is 0 Å². The van der Waals surface area contributed by atoms with Crippen LogP contribution in [0.1, 0.15) is 105 Å². The van der Waals surface area contributed by atoms with E-state index in [9.17, 15) is 8.78 Å². The summed E-state index contributed by atoms with van der Waals surface area (Å²) in [4.78, 5) is 0. The van der Waals surface area contributed by atoms with Crippen LogP contribution >= 0.6 is 0 Å². The Morgan fingerprint density at radius 1 is 0.758 bits per heavy atom. The molecule has 2 saturated carbocycles. The van der Waals surface area contributed by atoms with Crippen molar-refractivity contribution in [1.29, 1.82) is 0 Å². The van der Waals surface area contributed by atoms with E-state index in [1.807, 2.05) is 19.9 Å². The summed E-state index contributed by atoms with van der Waals surface area (Å²) in [5.74, 6) is 2.28. The molecule has 0 saturated heterocycles. The van der Waals surface area contributed by atoms with Crippen LogP contribution in [-0.4, -0.2) is 0 Å². The second-order valence-electron chi connectivity index (χ2n) is 11.1. The normalized spacial score (nSPS) is 25.8. The fourth-order valence-electron chi connectivity index (χ4n) is 6.52. The third kappa shape index (κ3) is 5.87. The van der Waals surface area contributed by atoms with Gasteiger partial charge in [0, 0.05) is 0 Å². The van der Waals surface area contributed by atoms with Crippen molar-refractivity contribution in [3.05, 3.63) is 69.8 Å². The molecule has 0 atom stereocenters. The second kappa shape index (κ2) is 11.2. The topological polar surface area (TPSA) is 0 Å². The smallest absolute Gasteiger partial charge is 0.162 e. The van der Waals surface area contributed by atoms with Crippen molar-refractivity contribution >= 4 is 0 Å². The SMILES string of the molecule is CCCc1cc(C)c(CCc2ccc(C3CCC(C4CCC(C)CC4)CC3)cc2)c(F)c1F. The van der Waals surface area contributed by atoms with E-state index < -0.39 is 11.6 Å². The summed E-state index contributed by atoms with van der Waals surface area (Å²) in [5, 5.41) is 0. The van der Waals surface area contributed by atoms with Gasteiger partial charge in [-0.25, -0.2) is 8.78 Å². The zero-order valence-electron chi connectivity index (χ0n) is 20.9. The molecule has 0 heterocycles. The minimum Gasteiger partial charge on any atom is -0.203 e. The lowest BCUT2D eigenvalue weighted by Gasteiger charge is -2.37. The highest BCUT2D eigenvalue weighted by atomic mass is 19.2. The number of hydrogen-bond donors (Lipinski definition) is 0. The van der Waals surface area contributed by atoms with E-state index in [1.165, 1.54) is 62.5 Å². The highest BCUT2D eigenvalue weighted by molar-refractivity contribution is 5.35. The van der Waals surface area contributed by atoms with Crippen LogP contribution in [0.4, 0.5) is 8.78 Å². The van der Waals surface area contributed by atoms with Crippen LogP contribution in [0.15, 0.2) is 30.3 Å². The lowest BCUT2D eigenvalue weighted by molar-refractivity contribution is 0.165. The zero-order chi connectivity index (χ0) is 23.4. The Morgan fingerprint density at radius 2 is 1.36 bits per heavy atom. The van der Waals surface area contributed by atoms with Crippen LogP contribution < -0.4 is 0 Å². The Hall–Kier alpha value is -1.70. The van der Waals surface area contributed by atoms with Gasteiger partial charge in [0.1, 0.15) is 0 Å². The molecule has 2 aliphatic carbocycles. The maximum absolute atomic E-state index is 14.7. The lowest BCUT2D eigenvalue weighted by Crippen LogP contribution is -2.24. The van der Waals surface area contributed by atoms with Gasteiger partial charge in [-0.2, -0.15) is 0 Å². The molecular formula is C31H42F2. The number of aryl methyl sites for hydroxylation is 3. The second-order valence-corrected chi connectivity index (χ2v) is 11.1. The largest absolute Gasteiger partial charge is 0.203 e. The standard InChI is InChI=1S/C31H42F2/c1-4-5-28-20-22(3)29(31(33)30(28)32)19-10-23-8-13-25(14-9-23)27-17-15-26(16-18-27)24-11-6-21(2)7-12-24/h8-9,13-14,20-21,24,26-27H,4-7,10-12,15-19H2,1-3H3. The molecule has 0 spiro atoms. The van der Waals surface area contributed by atoms with Gasteiger partial charge in [-0.3, -0.25) is 0 Å². The van der Waals surface area contributed by atoms with Gasteiger partial charge in [0.15, 0.2) is 11.6 Å². The monoisotopic (exact) mass is 452 g/mol. The fraction of sp³-hybridized carbons (Fsp3) is 0.613. The van der Waals surface area contributed by atoms with Gasteiger partial charge in [-0.15, -0.1) is 0 Å². The summed E-state index contributed by atoms with van der Waals surface area (Å²) in [5.41, 5.74) is 4.59. The van der Waals surface area contributed by atoms with E-state index in [-0.39, 0.29) is 0 Å². The Balaban J connectivity index is 1.31. The van der Waals surface area contributed by atoms with Crippen LogP contribution in [0.3, 0.4) is 0 Å². The molecule has 2 aromatic carbocycles. The van der Waals surface area contributed by atoms with Crippen molar-refractivity contribution < 1.29 is 8.78 Å². The number of rotatable bonds is 7. The van der Waals surface area contributed by atoms with Crippen molar-refractivity contribution in [3.63, 3.8) is 0 Å². The molecule has 2 aliphatic rings. The lowest BCUT2D eigenvalue weighted by atomic mass is 9.68. The average Bonchev–Trinajstić information content (AvgIpc) is 2.83. The van der Waals surface area contributed by atoms with E-state index in [1.54, 1.807) is 0 Å². The van der Waals surface area contributed by atoms with Gasteiger partial charge in [-0.1, -0.05) is 63.4 Å². The average molecular weight is 453 g/mol. The molecule has 2 heteroatoms. The predicted octanol–water partition coefficient (Wildman–Crippen LogP) is 9.11.